The summed E-state index contributed by atoms with van der Waals surface area (Å²) < 4.78 is 5.62. The van der Waals surface area contributed by atoms with Gasteiger partial charge >= 0.3 is 0 Å². The summed E-state index contributed by atoms with van der Waals surface area (Å²) in [6.45, 7) is 2.84. The molecule has 2 amide bonds. The fraction of sp³-hybridized carbons (Fsp3) is 0.538. The second kappa shape index (κ2) is 6.23. The van der Waals surface area contributed by atoms with Gasteiger partial charge in [-0.3, -0.25) is 9.59 Å². The third-order valence-electron chi connectivity index (χ3n) is 3.32. The van der Waals surface area contributed by atoms with E-state index in [9.17, 15) is 9.59 Å². The number of nitrogens with one attached hydrogen (secondary N) is 1. The monoisotopic (exact) mass is 328 g/mol. The molecule has 1 saturated heterocycles. The van der Waals surface area contributed by atoms with Gasteiger partial charge in [-0.15, -0.1) is 0 Å². The summed E-state index contributed by atoms with van der Waals surface area (Å²) in [5, 5.41) is 2.59. The first kappa shape index (κ1) is 14.1. The van der Waals surface area contributed by atoms with Gasteiger partial charge in [0.15, 0.2) is 10.4 Å². The van der Waals surface area contributed by atoms with Gasteiger partial charge in [-0.05, 0) is 54.2 Å². The molecule has 2 rings (SSSR count). The number of carbonyl (C=O) groups is 2. The van der Waals surface area contributed by atoms with Crippen LogP contribution in [0.3, 0.4) is 0 Å². The standard InChI is InChI=1S/C13H17BrN2O3/c1-9-4-2-3-7-16(9)12(17)8-15-13(18)10-5-6-11(14)19-10/h5-6,9H,2-4,7-8H2,1H3,(H,15,18). The van der Waals surface area contributed by atoms with E-state index in [-0.39, 0.29) is 30.2 Å². The Labute approximate surface area is 120 Å². The fourth-order valence-electron chi connectivity index (χ4n) is 2.25. The molecule has 1 atom stereocenters. The van der Waals surface area contributed by atoms with Gasteiger partial charge in [0.05, 0.1) is 6.54 Å². The van der Waals surface area contributed by atoms with Crippen LogP contribution >= 0.6 is 15.9 Å². The predicted molar refractivity (Wildman–Crippen MR) is 73.8 cm³/mol. The molecular weight excluding hydrogens is 312 g/mol. The highest BCUT2D eigenvalue weighted by Crippen LogP contribution is 2.16. The summed E-state index contributed by atoms with van der Waals surface area (Å²) in [4.78, 5) is 25.6. The maximum Gasteiger partial charge on any atom is 0.287 e. The lowest BCUT2D eigenvalue weighted by Gasteiger charge is -2.33. The van der Waals surface area contributed by atoms with Crippen LogP contribution in [0.2, 0.25) is 0 Å². The topological polar surface area (TPSA) is 62.6 Å². The van der Waals surface area contributed by atoms with Crippen molar-refractivity contribution in [2.75, 3.05) is 13.1 Å². The summed E-state index contributed by atoms with van der Waals surface area (Å²) in [6, 6.07) is 3.47. The zero-order chi connectivity index (χ0) is 13.8. The molecule has 2 heterocycles. The van der Waals surface area contributed by atoms with Crippen LogP contribution < -0.4 is 5.32 Å². The van der Waals surface area contributed by atoms with Crippen LogP contribution in [0.1, 0.15) is 36.7 Å². The van der Waals surface area contributed by atoms with E-state index in [1.807, 2.05) is 11.8 Å². The molecule has 1 aromatic heterocycles. The number of hydrogen-bond acceptors (Lipinski definition) is 3. The molecule has 0 aromatic carbocycles. The third kappa shape index (κ3) is 3.59. The van der Waals surface area contributed by atoms with Crippen LogP contribution in [0, 0.1) is 0 Å². The van der Waals surface area contributed by atoms with Crippen LogP contribution in [-0.2, 0) is 4.79 Å². The Balaban J connectivity index is 1.84. The third-order valence-corrected chi connectivity index (χ3v) is 3.75. The van der Waals surface area contributed by atoms with Gasteiger partial charge < -0.3 is 14.6 Å². The number of nitrogens with zero attached hydrogens (tertiary/aromatic N) is 1. The summed E-state index contributed by atoms with van der Waals surface area (Å²) >= 11 is 3.13. The van der Waals surface area contributed by atoms with Gasteiger partial charge in [-0.25, -0.2) is 0 Å². The van der Waals surface area contributed by atoms with Crippen LogP contribution in [0.5, 0.6) is 0 Å². The van der Waals surface area contributed by atoms with Crippen molar-refractivity contribution in [3.05, 3.63) is 22.6 Å². The van der Waals surface area contributed by atoms with Crippen molar-refractivity contribution in [2.45, 2.75) is 32.2 Å². The molecule has 1 aliphatic rings. The molecule has 1 aromatic rings. The number of halogens is 1. The lowest BCUT2D eigenvalue weighted by atomic mass is 10.0. The highest BCUT2D eigenvalue weighted by Gasteiger charge is 2.23. The predicted octanol–water partition coefficient (Wildman–Crippen LogP) is 2.17. The molecule has 6 heteroatoms. The molecular formula is C13H17BrN2O3. The van der Waals surface area contributed by atoms with Crippen molar-refractivity contribution in [3.63, 3.8) is 0 Å². The quantitative estimate of drug-likeness (QED) is 0.924. The van der Waals surface area contributed by atoms with Crippen LogP contribution in [0.4, 0.5) is 0 Å². The Bertz CT molecular complexity index is 472. The highest BCUT2D eigenvalue weighted by atomic mass is 79.9. The van der Waals surface area contributed by atoms with E-state index in [1.54, 1.807) is 12.1 Å². The van der Waals surface area contributed by atoms with E-state index in [0.29, 0.717) is 4.67 Å². The van der Waals surface area contributed by atoms with Crippen molar-refractivity contribution >= 4 is 27.7 Å². The van der Waals surface area contributed by atoms with Gasteiger partial charge in [0.2, 0.25) is 5.91 Å². The molecule has 0 radical (unpaired) electrons. The number of hydrogen-bond donors (Lipinski definition) is 1. The number of furan rings is 1. The Morgan fingerprint density at radius 2 is 2.26 bits per heavy atom. The Kier molecular flexibility index (Phi) is 4.63. The maximum absolute atomic E-state index is 12.0. The summed E-state index contributed by atoms with van der Waals surface area (Å²) in [7, 11) is 0. The molecule has 0 saturated carbocycles. The van der Waals surface area contributed by atoms with Crippen LogP contribution in [0.25, 0.3) is 0 Å². The molecule has 19 heavy (non-hydrogen) atoms. The van der Waals surface area contributed by atoms with Crippen molar-refractivity contribution < 1.29 is 14.0 Å². The number of rotatable bonds is 3. The smallest absolute Gasteiger partial charge is 0.287 e. The van der Waals surface area contributed by atoms with Gasteiger partial charge in [0.1, 0.15) is 0 Å². The normalized spacial score (nSPS) is 19.3. The summed E-state index contributed by atoms with van der Waals surface area (Å²) in [5.41, 5.74) is 0. The second-order valence-electron chi connectivity index (χ2n) is 4.72. The van der Waals surface area contributed by atoms with Crippen molar-refractivity contribution in [1.82, 2.24) is 10.2 Å². The molecule has 104 valence electrons. The molecule has 0 aliphatic carbocycles. The highest BCUT2D eigenvalue weighted by molar-refractivity contribution is 9.10. The number of piperidine rings is 1. The average molecular weight is 329 g/mol. The lowest BCUT2D eigenvalue weighted by Crippen LogP contribution is -2.46. The number of carbonyl (C=O) groups excluding carboxylic acids is 2. The maximum atomic E-state index is 12.0. The first-order valence-electron chi connectivity index (χ1n) is 6.41. The minimum atomic E-state index is -0.372. The second-order valence-corrected chi connectivity index (χ2v) is 5.50. The summed E-state index contributed by atoms with van der Waals surface area (Å²) in [5.74, 6) is -0.207. The molecule has 5 nitrogen and oxygen atoms in total. The van der Waals surface area contributed by atoms with E-state index in [1.165, 1.54) is 0 Å². The molecule has 0 bridgehead atoms. The van der Waals surface area contributed by atoms with E-state index >= 15 is 0 Å². The van der Waals surface area contributed by atoms with Crippen LogP contribution in [0.15, 0.2) is 21.2 Å². The van der Waals surface area contributed by atoms with Crippen LogP contribution in [-0.4, -0.2) is 35.8 Å². The Morgan fingerprint density at radius 1 is 1.47 bits per heavy atom. The molecule has 1 N–H and O–H groups in total. The van der Waals surface area contributed by atoms with Gasteiger partial charge in [-0.1, -0.05) is 0 Å². The van der Waals surface area contributed by atoms with Crippen molar-refractivity contribution in [2.24, 2.45) is 0 Å². The van der Waals surface area contributed by atoms with E-state index in [0.717, 1.165) is 25.8 Å². The average Bonchev–Trinajstić information content (AvgIpc) is 2.83. The number of amides is 2. The molecule has 1 fully saturated rings. The van der Waals surface area contributed by atoms with Gasteiger partial charge in [0, 0.05) is 12.6 Å². The number of likely N-dealkylation sites (tertiary alicyclic amines) is 1. The lowest BCUT2D eigenvalue weighted by molar-refractivity contribution is -0.133. The van der Waals surface area contributed by atoms with E-state index in [4.69, 9.17) is 4.42 Å². The van der Waals surface area contributed by atoms with E-state index in [2.05, 4.69) is 21.2 Å². The van der Waals surface area contributed by atoms with E-state index < -0.39 is 0 Å². The Morgan fingerprint density at radius 3 is 2.89 bits per heavy atom. The van der Waals surface area contributed by atoms with Gasteiger partial charge in [0.25, 0.3) is 5.91 Å². The molecule has 1 unspecified atom stereocenters. The summed E-state index contributed by atoms with van der Waals surface area (Å²) in [6.07, 6.45) is 3.23. The zero-order valence-corrected chi connectivity index (χ0v) is 12.4. The fourth-order valence-corrected chi connectivity index (χ4v) is 2.56. The largest absolute Gasteiger partial charge is 0.444 e. The van der Waals surface area contributed by atoms with Crippen molar-refractivity contribution in [3.8, 4) is 0 Å². The minimum absolute atomic E-state index is 0.0154. The zero-order valence-electron chi connectivity index (χ0n) is 10.8. The van der Waals surface area contributed by atoms with Crippen molar-refractivity contribution in [1.29, 1.82) is 0 Å². The van der Waals surface area contributed by atoms with Gasteiger partial charge in [-0.2, -0.15) is 0 Å². The Hall–Kier alpha value is -1.30. The molecule has 1 aliphatic heterocycles. The SMILES string of the molecule is CC1CCCCN1C(=O)CNC(=O)c1ccc(Br)o1. The minimum Gasteiger partial charge on any atom is -0.444 e. The first-order valence-corrected chi connectivity index (χ1v) is 7.20. The first-order chi connectivity index (χ1) is 9.08. The molecule has 0 spiro atoms.